The number of amidine groups is 1. The third-order valence-corrected chi connectivity index (χ3v) is 1.86. The lowest BCUT2D eigenvalue weighted by Crippen LogP contribution is -2.28. The summed E-state index contributed by atoms with van der Waals surface area (Å²) in [6, 6.07) is 0. The highest BCUT2D eigenvalue weighted by atomic mass is 15.3. The number of rotatable bonds is 3. The Kier molecular flexibility index (Phi) is 5.05. The van der Waals surface area contributed by atoms with E-state index in [-0.39, 0.29) is 0 Å². The fourth-order valence-corrected chi connectivity index (χ4v) is 1.17. The van der Waals surface area contributed by atoms with E-state index in [1.807, 2.05) is 47.2 Å². The number of hydrogen-bond acceptors (Lipinski definition) is 3. The minimum Gasteiger partial charge on any atom is -0.364 e. The quantitative estimate of drug-likeness (QED) is 0.488. The summed E-state index contributed by atoms with van der Waals surface area (Å²) in [7, 11) is 13.9. The minimum atomic E-state index is 0.961. The Morgan fingerprint density at radius 1 is 0.857 bits per heavy atom. The molecule has 0 atom stereocenters. The molecule has 0 amide bonds. The molecule has 0 aromatic rings. The first-order valence-electron chi connectivity index (χ1n) is 4.60. The molecule has 0 N–H and O–H groups in total. The molecule has 0 bridgehead atoms. The van der Waals surface area contributed by atoms with Crippen LogP contribution >= 0.6 is 0 Å². The first-order valence-corrected chi connectivity index (χ1v) is 4.60. The minimum absolute atomic E-state index is 0.961. The summed E-state index contributed by atoms with van der Waals surface area (Å²) in [6.45, 7) is 0. The van der Waals surface area contributed by atoms with Crippen molar-refractivity contribution in [1.82, 2.24) is 14.7 Å². The van der Waals surface area contributed by atoms with Gasteiger partial charge in [0.05, 0.1) is 0 Å². The molecule has 0 unspecified atom stereocenters. The van der Waals surface area contributed by atoms with Crippen LogP contribution in [-0.2, 0) is 0 Å². The van der Waals surface area contributed by atoms with Crippen molar-refractivity contribution in [1.29, 1.82) is 0 Å². The molecule has 0 aromatic carbocycles. The second-order valence-electron chi connectivity index (χ2n) is 3.77. The van der Waals surface area contributed by atoms with Crippen LogP contribution < -0.4 is 0 Å². The van der Waals surface area contributed by atoms with Gasteiger partial charge in [-0.15, -0.1) is 0 Å². The van der Waals surface area contributed by atoms with Gasteiger partial charge in [-0.1, -0.05) is 0 Å². The predicted octanol–water partition coefficient (Wildman–Crippen LogP) is 0.541. The van der Waals surface area contributed by atoms with Gasteiger partial charge in [-0.3, -0.25) is 4.99 Å². The van der Waals surface area contributed by atoms with E-state index in [1.54, 1.807) is 7.05 Å². The molecular formula is C10H22N4. The zero-order chi connectivity index (χ0) is 11.3. The van der Waals surface area contributed by atoms with Crippen molar-refractivity contribution in [3.63, 3.8) is 0 Å². The maximum Gasteiger partial charge on any atom is 0.126 e. The lowest BCUT2D eigenvalue weighted by molar-refractivity contribution is 0.343. The number of hydrogen-bond donors (Lipinski definition) is 0. The molecular weight excluding hydrogens is 176 g/mol. The lowest BCUT2D eigenvalue weighted by Gasteiger charge is -2.25. The van der Waals surface area contributed by atoms with Gasteiger partial charge >= 0.3 is 0 Å². The van der Waals surface area contributed by atoms with Gasteiger partial charge in [0, 0.05) is 55.4 Å². The van der Waals surface area contributed by atoms with E-state index in [9.17, 15) is 0 Å². The topological polar surface area (TPSA) is 22.1 Å². The standard InChI is InChI=1S/C10H22N4/c1-11-9(12(2)3)8-10(13(4)5)14(6)7/h8H,1-7H3/b11-9-. The molecule has 4 heteroatoms. The Balaban J connectivity index is 4.90. The third-order valence-electron chi connectivity index (χ3n) is 1.86. The van der Waals surface area contributed by atoms with Crippen LogP contribution in [-0.4, -0.2) is 69.9 Å². The number of likely N-dealkylation sites (N-methyl/N-ethyl adjacent to an activating group) is 1. The molecule has 14 heavy (non-hydrogen) atoms. The second-order valence-corrected chi connectivity index (χ2v) is 3.77. The van der Waals surface area contributed by atoms with Gasteiger partial charge < -0.3 is 14.7 Å². The molecule has 0 saturated carbocycles. The van der Waals surface area contributed by atoms with Crippen molar-refractivity contribution in [2.24, 2.45) is 4.99 Å². The summed E-state index contributed by atoms with van der Waals surface area (Å²) < 4.78 is 0. The Labute approximate surface area is 87.5 Å². The van der Waals surface area contributed by atoms with Crippen LogP contribution in [0, 0.1) is 0 Å². The number of aliphatic imine (C=N–C) groups is 1. The van der Waals surface area contributed by atoms with Crippen LogP contribution in [0.25, 0.3) is 0 Å². The SMILES string of the molecule is C/N=C(/C=C(N(C)C)N(C)C)N(C)C. The van der Waals surface area contributed by atoms with Gasteiger partial charge in [0.2, 0.25) is 0 Å². The fraction of sp³-hybridized carbons (Fsp3) is 0.700. The first-order chi connectivity index (χ1) is 6.40. The van der Waals surface area contributed by atoms with Gasteiger partial charge in [-0.05, 0) is 0 Å². The van der Waals surface area contributed by atoms with Crippen molar-refractivity contribution >= 4 is 5.84 Å². The average molecular weight is 198 g/mol. The zero-order valence-electron chi connectivity index (χ0n) is 10.4. The third kappa shape index (κ3) is 3.68. The van der Waals surface area contributed by atoms with E-state index >= 15 is 0 Å². The van der Waals surface area contributed by atoms with Crippen LogP contribution in [0.3, 0.4) is 0 Å². The van der Waals surface area contributed by atoms with Crippen LogP contribution in [0.2, 0.25) is 0 Å². The van der Waals surface area contributed by atoms with Crippen LogP contribution in [0.15, 0.2) is 16.9 Å². The Hall–Kier alpha value is -1.19. The molecule has 0 aliphatic heterocycles. The van der Waals surface area contributed by atoms with Gasteiger partial charge in [-0.25, -0.2) is 0 Å². The Bertz CT molecular complexity index is 216. The second kappa shape index (κ2) is 5.52. The summed E-state index contributed by atoms with van der Waals surface area (Å²) in [4.78, 5) is 10.3. The van der Waals surface area contributed by atoms with Crippen molar-refractivity contribution < 1.29 is 0 Å². The van der Waals surface area contributed by atoms with Crippen molar-refractivity contribution in [2.75, 3.05) is 49.3 Å². The summed E-state index contributed by atoms with van der Waals surface area (Å²) in [5.41, 5.74) is 0. The van der Waals surface area contributed by atoms with E-state index in [0.717, 1.165) is 11.7 Å². The van der Waals surface area contributed by atoms with E-state index in [2.05, 4.69) is 20.9 Å². The molecule has 0 aromatic heterocycles. The van der Waals surface area contributed by atoms with Crippen LogP contribution in [0.4, 0.5) is 0 Å². The first kappa shape index (κ1) is 12.8. The molecule has 0 heterocycles. The lowest BCUT2D eigenvalue weighted by atomic mass is 10.4. The highest BCUT2D eigenvalue weighted by Gasteiger charge is 2.05. The van der Waals surface area contributed by atoms with Gasteiger partial charge in [-0.2, -0.15) is 0 Å². The summed E-state index contributed by atoms with van der Waals surface area (Å²) in [5, 5.41) is 0. The maximum absolute atomic E-state index is 4.20. The molecule has 4 nitrogen and oxygen atoms in total. The largest absolute Gasteiger partial charge is 0.364 e. The Morgan fingerprint density at radius 3 is 1.50 bits per heavy atom. The fourth-order valence-electron chi connectivity index (χ4n) is 1.17. The monoisotopic (exact) mass is 198 g/mol. The van der Waals surface area contributed by atoms with Crippen LogP contribution in [0.1, 0.15) is 0 Å². The molecule has 0 fully saturated rings. The predicted molar refractivity (Wildman–Crippen MR) is 62.5 cm³/mol. The molecule has 0 rings (SSSR count). The van der Waals surface area contributed by atoms with E-state index in [0.29, 0.717) is 0 Å². The van der Waals surface area contributed by atoms with Crippen molar-refractivity contribution in [3.8, 4) is 0 Å². The average Bonchev–Trinajstić information content (AvgIpc) is 2.03. The van der Waals surface area contributed by atoms with E-state index in [4.69, 9.17) is 0 Å². The molecule has 0 spiro atoms. The van der Waals surface area contributed by atoms with E-state index in [1.165, 1.54) is 0 Å². The van der Waals surface area contributed by atoms with Crippen molar-refractivity contribution in [2.45, 2.75) is 0 Å². The van der Waals surface area contributed by atoms with Crippen LogP contribution in [0.5, 0.6) is 0 Å². The summed E-state index contributed by atoms with van der Waals surface area (Å²) >= 11 is 0. The summed E-state index contributed by atoms with van der Waals surface area (Å²) in [5.74, 6) is 2.08. The van der Waals surface area contributed by atoms with Gasteiger partial charge in [0.25, 0.3) is 0 Å². The highest BCUT2D eigenvalue weighted by molar-refractivity contribution is 5.92. The zero-order valence-corrected chi connectivity index (χ0v) is 10.4. The Morgan fingerprint density at radius 2 is 1.29 bits per heavy atom. The molecule has 0 radical (unpaired) electrons. The molecule has 0 saturated heterocycles. The van der Waals surface area contributed by atoms with E-state index < -0.39 is 0 Å². The molecule has 82 valence electrons. The molecule has 0 aliphatic rings. The van der Waals surface area contributed by atoms with Crippen molar-refractivity contribution in [3.05, 3.63) is 11.9 Å². The maximum atomic E-state index is 4.20. The van der Waals surface area contributed by atoms with Gasteiger partial charge in [0.15, 0.2) is 0 Å². The smallest absolute Gasteiger partial charge is 0.126 e. The highest BCUT2D eigenvalue weighted by Crippen LogP contribution is 2.03. The number of nitrogens with zero attached hydrogens (tertiary/aromatic N) is 4. The van der Waals surface area contributed by atoms with Gasteiger partial charge in [0.1, 0.15) is 11.7 Å². The summed E-state index contributed by atoms with van der Waals surface area (Å²) in [6.07, 6.45) is 2.06. The normalized spacial score (nSPS) is 10.9. The molecule has 0 aliphatic carbocycles.